The SMILES string of the molecule is CC(C)C[C@@H]1[NH2+][C@@]2(C(=O)Nc3ccc(F)cc32)[C@H]2C(=O)N(C[C@@H]3CCCO3)C(=O)[C@@H]12. The molecular weight excluding hydrogens is 389 g/mol. The van der Waals surface area contributed by atoms with Crippen LogP contribution in [0.3, 0.4) is 0 Å². The molecule has 7 nitrogen and oxygen atoms in total. The van der Waals surface area contributed by atoms with Gasteiger partial charge in [0.05, 0.1) is 18.3 Å². The Hall–Kier alpha value is -2.32. The fraction of sp³-hybridized carbons (Fsp3) is 0.591. The number of quaternary nitrogens is 1. The third-order valence-electron chi connectivity index (χ3n) is 7.08. The second-order valence-electron chi connectivity index (χ2n) is 9.40. The number of fused-ring (bicyclic) bond motifs is 4. The number of likely N-dealkylation sites (tertiary alicyclic amines) is 1. The van der Waals surface area contributed by atoms with Crippen LogP contribution in [0.4, 0.5) is 10.1 Å². The molecule has 3 fully saturated rings. The average molecular weight is 416 g/mol. The molecule has 1 aromatic rings. The van der Waals surface area contributed by atoms with Crippen molar-refractivity contribution in [3.8, 4) is 0 Å². The zero-order valence-electron chi connectivity index (χ0n) is 17.2. The van der Waals surface area contributed by atoms with Gasteiger partial charge >= 0.3 is 0 Å². The van der Waals surface area contributed by atoms with Crippen molar-refractivity contribution in [1.29, 1.82) is 0 Å². The maximum atomic E-state index is 14.2. The number of nitrogens with two attached hydrogens (primary N) is 1. The highest BCUT2D eigenvalue weighted by Gasteiger charge is 2.74. The van der Waals surface area contributed by atoms with Gasteiger partial charge in [0.25, 0.3) is 5.91 Å². The molecule has 3 amide bonds. The number of rotatable bonds is 4. The van der Waals surface area contributed by atoms with Crippen molar-refractivity contribution in [3.05, 3.63) is 29.6 Å². The number of imide groups is 1. The molecule has 3 N–H and O–H groups in total. The molecule has 4 aliphatic rings. The molecule has 0 radical (unpaired) electrons. The van der Waals surface area contributed by atoms with E-state index >= 15 is 0 Å². The summed E-state index contributed by atoms with van der Waals surface area (Å²) in [6, 6.07) is 3.93. The molecule has 0 bridgehead atoms. The lowest BCUT2D eigenvalue weighted by molar-refractivity contribution is -0.734. The van der Waals surface area contributed by atoms with E-state index in [1.54, 1.807) is 0 Å². The first-order valence-electron chi connectivity index (χ1n) is 10.8. The Balaban J connectivity index is 1.59. The summed E-state index contributed by atoms with van der Waals surface area (Å²) in [4.78, 5) is 41.6. The number of ether oxygens (including phenoxy) is 1. The Labute approximate surface area is 174 Å². The van der Waals surface area contributed by atoms with E-state index in [1.807, 2.05) is 5.32 Å². The van der Waals surface area contributed by atoms with Crippen molar-refractivity contribution >= 4 is 23.4 Å². The molecule has 0 aromatic heterocycles. The minimum atomic E-state index is -1.31. The highest BCUT2D eigenvalue weighted by molar-refractivity contribution is 6.13. The van der Waals surface area contributed by atoms with Crippen LogP contribution in [-0.4, -0.2) is 47.9 Å². The van der Waals surface area contributed by atoms with Gasteiger partial charge in [0, 0.05) is 18.6 Å². The number of hydrogen-bond acceptors (Lipinski definition) is 4. The summed E-state index contributed by atoms with van der Waals surface area (Å²) in [6.07, 6.45) is 2.26. The normalized spacial score (nSPS) is 34.9. The number of carbonyl (C=O) groups excluding carboxylic acids is 3. The van der Waals surface area contributed by atoms with Crippen molar-refractivity contribution in [3.63, 3.8) is 0 Å². The van der Waals surface area contributed by atoms with Crippen molar-refractivity contribution in [2.24, 2.45) is 17.8 Å². The van der Waals surface area contributed by atoms with Crippen LogP contribution in [0.2, 0.25) is 0 Å². The quantitative estimate of drug-likeness (QED) is 0.709. The summed E-state index contributed by atoms with van der Waals surface area (Å²) in [7, 11) is 0. The third kappa shape index (κ3) is 2.66. The lowest BCUT2D eigenvalue weighted by Crippen LogP contribution is -2.99. The van der Waals surface area contributed by atoms with Gasteiger partial charge in [0.2, 0.25) is 17.4 Å². The Morgan fingerprint density at radius 2 is 2.10 bits per heavy atom. The number of carbonyl (C=O) groups is 3. The summed E-state index contributed by atoms with van der Waals surface area (Å²) in [5.41, 5.74) is -0.326. The second kappa shape index (κ2) is 6.85. The van der Waals surface area contributed by atoms with E-state index in [-0.39, 0.29) is 42.3 Å². The first kappa shape index (κ1) is 19.6. The first-order chi connectivity index (χ1) is 14.3. The van der Waals surface area contributed by atoms with Gasteiger partial charge in [-0.25, -0.2) is 4.39 Å². The van der Waals surface area contributed by atoms with Crippen LogP contribution in [0, 0.1) is 23.6 Å². The molecule has 5 rings (SSSR count). The maximum Gasteiger partial charge on any atom is 0.291 e. The minimum Gasteiger partial charge on any atom is -0.376 e. The summed E-state index contributed by atoms with van der Waals surface area (Å²) in [6.45, 7) is 4.98. The first-order valence-corrected chi connectivity index (χ1v) is 10.8. The molecule has 0 aliphatic carbocycles. The number of anilines is 1. The predicted molar refractivity (Wildman–Crippen MR) is 105 cm³/mol. The Bertz CT molecular complexity index is 929. The van der Waals surface area contributed by atoms with Crippen molar-refractivity contribution in [2.45, 2.75) is 50.8 Å². The van der Waals surface area contributed by atoms with Gasteiger partial charge in [-0.2, -0.15) is 0 Å². The summed E-state index contributed by atoms with van der Waals surface area (Å²) in [5.74, 6) is -2.51. The number of benzene rings is 1. The van der Waals surface area contributed by atoms with Crippen LogP contribution in [-0.2, 0) is 24.7 Å². The third-order valence-corrected chi connectivity index (χ3v) is 7.08. The molecule has 1 spiro atoms. The number of nitrogens with one attached hydrogen (secondary N) is 1. The van der Waals surface area contributed by atoms with E-state index in [9.17, 15) is 18.8 Å². The highest BCUT2D eigenvalue weighted by Crippen LogP contribution is 2.50. The minimum absolute atomic E-state index is 0.151. The van der Waals surface area contributed by atoms with Crippen LogP contribution >= 0.6 is 0 Å². The van der Waals surface area contributed by atoms with E-state index in [0.29, 0.717) is 24.3 Å². The van der Waals surface area contributed by atoms with Gasteiger partial charge in [-0.1, -0.05) is 13.8 Å². The van der Waals surface area contributed by atoms with Crippen molar-refractivity contribution < 1.29 is 28.8 Å². The second-order valence-corrected chi connectivity index (χ2v) is 9.40. The topological polar surface area (TPSA) is 92.3 Å². The molecule has 1 aromatic carbocycles. The van der Waals surface area contributed by atoms with E-state index in [0.717, 1.165) is 12.8 Å². The number of amides is 3. The smallest absolute Gasteiger partial charge is 0.291 e. The van der Waals surface area contributed by atoms with E-state index in [4.69, 9.17) is 4.74 Å². The maximum absolute atomic E-state index is 14.2. The standard InChI is InChI=1S/C22H26FN3O4/c1-11(2)8-16-17-18(20(28)26(19(17)27)10-13-4-3-7-30-13)22(25-16)14-9-12(23)5-6-15(14)24-21(22)29/h5-6,9,11,13,16-18,25H,3-4,7-8,10H2,1-2H3,(H,24,29)/p+1/t13-,16-,17-,18+,22+/m0/s1. The van der Waals surface area contributed by atoms with Crippen LogP contribution in [0.25, 0.3) is 0 Å². The number of nitrogens with zero attached hydrogens (tertiary/aromatic N) is 1. The van der Waals surface area contributed by atoms with Crippen molar-refractivity contribution in [1.82, 2.24) is 4.90 Å². The molecule has 0 unspecified atom stereocenters. The Morgan fingerprint density at radius 1 is 1.30 bits per heavy atom. The van der Waals surface area contributed by atoms with Crippen LogP contribution in [0.1, 0.15) is 38.7 Å². The predicted octanol–water partition coefficient (Wildman–Crippen LogP) is 0.745. The molecule has 30 heavy (non-hydrogen) atoms. The van der Waals surface area contributed by atoms with E-state index in [1.165, 1.54) is 23.1 Å². The highest BCUT2D eigenvalue weighted by atomic mass is 19.1. The average Bonchev–Trinajstić information content (AvgIpc) is 3.42. The molecule has 8 heteroatoms. The molecule has 4 aliphatic heterocycles. The van der Waals surface area contributed by atoms with Gasteiger partial charge in [-0.15, -0.1) is 0 Å². The van der Waals surface area contributed by atoms with Crippen LogP contribution in [0.5, 0.6) is 0 Å². The van der Waals surface area contributed by atoms with E-state index in [2.05, 4.69) is 19.2 Å². The molecule has 0 saturated carbocycles. The summed E-state index contributed by atoms with van der Waals surface area (Å²) < 4.78 is 19.8. The fourth-order valence-corrected chi connectivity index (χ4v) is 5.93. The van der Waals surface area contributed by atoms with Gasteiger partial charge in [0.1, 0.15) is 23.7 Å². The molecule has 5 atom stereocenters. The zero-order valence-corrected chi connectivity index (χ0v) is 17.2. The van der Waals surface area contributed by atoms with Gasteiger partial charge in [-0.3, -0.25) is 19.3 Å². The monoisotopic (exact) mass is 416 g/mol. The lowest BCUT2D eigenvalue weighted by atomic mass is 9.76. The zero-order chi connectivity index (χ0) is 21.2. The summed E-state index contributed by atoms with van der Waals surface area (Å²) in [5, 5.41) is 4.69. The number of halogens is 1. The van der Waals surface area contributed by atoms with Crippen LogP contribution in [0.15, 0.2) is 18.2 Å². The number of hydrogen-bond donors (Lipinski definition) is 2. The molecule has 160 valence electrons. The fourth-order valence-electron chi connectivity index (χ4n) is 5.93. The summed E-state index contributed by atoms with van der Waals surface area (Å²) >= 11 is 0. The largest absolute Gasteiger partial charge is 0.376 e. The Kier molecular flexibility index (Phi) is 4.48. The van der Waals surface area contributed by atoms with Gasteiger partial charge in [0.15, 0.2) is 0 Å². The lowest BCUT2D eigenvalue weighted by Gasteiger charge is -2.27. The van der Waals surface area contributed by atoms with Gasteiger partial charge in [-0.05, 0) is 37.0 Å². The van der Waals surface area contributed by atoms with Crippen molar-refractivity contribution in [2.75, 3.05) is 18.5 Å². The Morgan fingerprint density at radius 3 is 2.80 bits per heavy atom. The van der Waals surface area contributed by atoms with Crippen LogP contribution < -0.4 is 10.6 Å². The molecule has 3 saturated heterocycles. The van der Waals surface area contributed by atoms with E-state index < -0.39 is 23.2 Å². The molecule has 4 heterocycles. The molecular formula is C22H27FN3O4+. The van der Waals surface area contributed by atoms with Gasteiger partial charge < -0.3 is 15.4 Å².